The number of nitrogens with zero attached hydrogens (tertiary/aromatic N) is 3. The quantitative estimate of drug-likeness (QED) is 0.695. The van der Waals surface area contributed by atoms with E-state index in [1.54, 1.807) is 0 Å². The van der Waals surface area contributed by atoms with Crippen LogP contribution in [0, 0.1) is 0 Å². The number of rotatable bonds is 2. The first kappa shape index (κ1) is 11.0. The first-order chi connectivity index (χ1) is 7.61. The van der Waals surface area contributed by atoms with E-state index >= 15 is 0 Å². The maximum atomic E-state index is 10.5. The topological polar surface area (TPSA) is 55.3 Å². The predicted molar refractivity (Wildman–Crippen MR) is 59.7 cm³/mol. The van der Waals surface area contributed by atoms with Gasteiger partial charge >= 0.3 is 0 Å². The Morgan fingerprint density at radius 2 is 2.12 bits per heavy atom. The van der Waals surface area contributed by atoms with Gasteiger partial charge in [0.25, 0.3) is 0 Å². The summed E-state index contributed by atoms with van der Waals surface area (Å²) in [5, 5.41) is 0. The number of anilines is 1. The van der Waals surface area contributed by atoms with Crippen LogP contribution in [-0.2, 0) is 4.74 Å². The normalized spacial score (nSPS) is 19.5. The average Bonchev–Trinajstić information content (AvgIpc) is 2.28. The van der Waals surface area contributed by atoms with E-state index in [1.807, 2.05) is 13.8 Å². The second-order valence-corrected chi connectivity index (χ2v) is 4.46. The van der Waals surface area contributed by atoms with Crippen LogP contribution in [0.3, 0.4) is 0 Å². The van der Waals surface area contributed by atoms with E-state index in [1.165, 1.54) is 12.4 Å². The molecule has 0 atom stereocenters. The molecular weight excluding hydrogens is 206 g/mol. The summed E-state index contributed by atoms with van der Waals surface area (Å²) in [7, 11) is 0. The molecule has 16 heavy (non-hydrogen) atoms. The molecule has 1 saturated heterocycles. The summed E-state index contributed by atoms with van der Waals surface area (Å²) >= 11 is 0. The largest absolute Gasteiger partial charge is 0.372 e. The molecule has 5 nitrogen and oxygen atoms in total. The van der Waals surface area contributed by atoms with Gasteiger partial charge in [0.15, 0.2) is 6.29 Å². The van der Waals surface area contributed by atoms with Gasteiger partial charge in [0.05, 0.1) is 17.8 Å². The molecule has 0 spiro atoms. The summed E-state index contributed by atoms with van der Waals surface area (Å²) in [5.74, 6) is 0.655. The minimum Gasteiger partial charge on any atom is -0.372 e. The molecule has 0 aliphatic carbocycles. The number of aromatic nitrogens is 2. The molecule has 0 unspecified atom stereocenters. The van der Waals surface area contributed by atoms with Crippen LogP contribution in [0.5, 0.6) is 0 Å². The van der Waals surface area contributed by atoms with Crippen LogP contribution in [-0.4, -0.2) is 41.6 Å². The van der Waals surface area contributed by atoms with Crippen LogP contribution >= 0.6 is 0 Å². The van der Waals surface area contributed by atoms with E-state index in [4.69, 9.17) is 4.74 Å². The van der Waals surface area contributed by atoms with Gasteiger partial charge in [-0.05, 0) is 13.8 Å². The van der Waals surface area contributed by atoms with Gasteiger partial charge in [-0.1, -0.05) is 0 Å². The number of hydrogen-bond acceptors (Lipinski definition) is 5. The van der Waals surface area contributed by atoms with Crippen LogP contribution in [0.15, 0.2) is 12.4 Å². The Bertz CT molecular complexity index is 375. The Hall–Kier alpha value is -1.49. The highest BCUT2D eigenvalue weighted by molar-refractivity contribution is 5.73. The molecule has 2 rings (SSSR count). The fraction of sp³-hybridized carbons (Fsp3) is 0.545. The lowest BCUT2D eigenvalue weighted by atomic mass is 10.1. The van der Waals surface area contributed by atoms with Gasteiger partial charge in [0.2, 0.25) is 5.95 Å². The number of ether oxygens (including phenoxy) is 1. The first-order valence-electron chi connectivity index (χ1n) is 5.27. The summed E-state index contributed by atoms with van der Waals surface area (Å²) in [6.45, 7) is 6.29. The molecule has 0 N–H and O–H groups in total. The summed E-state index contributed by atoms with van der Waals surface area (Å²) in [4.78, 5) is 20.9. The third kappa shape index (κ3) is 2.36. The lowest BCUT2D eigenvalue weighted by molar-refractivity contribution is -0.0281. The van der Waals surface area contributed by atoms with E-state index in [-0.39, 0.29) is 5.60 Å². The van der Waals surface area contributed by atoms with E-state index in [0.717, 1.165) is 19.4 Å². The fourth-order valence-corrected chi connectivity index (χ4v) is 1.74. The molecule has 1 aliphatic rings. The molecule has 0 saturated carbocycles. The Kier molecular flexibility index (Phi) is 2.87. The smallest absolute Gasteiger partial charge is 0.225 e. The van der Waals surface area contributed by atoms with Gasteiger partial charge in [-0.25, -0.2) is 9.97 Å². The molecule has 1 aromatic heterocycles. The zero-order valence-electron chi connectivity index (χ0n) is 9.51. The van der Waals surface area contributed by atoms with Gasteiger partial charge in [0, 0.05) is 25.5 Å². The molecule has 5 heteroatoms. The molecule has 2 heterocycles. The maximum Gasteiger partial charge on any atom is 0.225 e. The third-order valence-corrected chi connectivity index (χ3v) is 2.50. The zero-order valence-corrected chi connectivity index (χ0v) is 9.51. The second kappa shape index (κ2) is 4.17. The third-order valence-electron chi connectivity index (χ3n) is 2.50. The minimum atomic E-state index is -0.176. The standard InChI is InChI=1S/C11H15N3O2/c1-11(2)8-14(3-4-16-11)10-12-5-9(7-15)6-13-10/h5-7H,3-4,8H2,1-2H3. The van der Waals surface area contributed by atoms with Crippen molar-refractivity contribution >= 4 is 12.2 Å². The van der Waals surface area contributed by atoms with Gasteiger partial charge in [-0.3, -0.25) is 4.79 Å². The fourth-order valence-electron chi connectivity index (χ4n) is 1.74. The highest BCUT2D eigenvalue weighted by Crippen LogP contribution is 2.19. The van der Waals surface area contributed by atoms with Gasteiger partial charge in [-0.15, -0.1) is 0 Å². The highest BCUT2D eigenvalue weighted by Gasteiger charge is 2.28. The van der Waals surface area contributed by atoms with E-state index in [9.17, 15) is 4.79 Å². The molecule has 86 valence electrons. The molecular formula is C11H15N3O2. The van der Waals surface area contributed by atoms with Gasteiger partial charge in [-0.2, -0.15) is 0 Å². The summed E-state index contributed by atoms with van der Waals surface area (Å²) in [6, 6.07) is 0. The van der Waals surface area contributed by atoms with E-state index in [0.29, 0.717) is 18.1 Å². The number of morpholine rings is 1. The monoisotopic (exact) mass is 221 g/mol. The molecule has 1 aliphatic heterocycles. The van der Waals surface area contributed by atoms with Gasteiger partial charge < -0.3 is 9.64 Å². The van der Waals surface area contributed by atoms with Crippen LogP contribution in [0.2, 0.25) is 0 Å². The van der Waals surface area contributed by atoms with Crippen molar-refractivity contribution in [2.45, 2.75) is 19.4 Å². The second-order valence-electron chi connectivity index (χ2n) is 4.46. The molecule has 1 aromatic rings. The van der Waals surface area contributed by atoms with Crippen molar-refractivity contribution in [2.24, 2.45) is 0 Å². The molecule has 0 amide bonds. The highest BCUT2D eigenvalue weighted by atomic mass is 16.5. The van der Waals surface area contributed by atoms with Crippen molar-refractivity contribution < 1.29 is 9.53 Å². The van der Waals surface area contributed by atoms with Crippen molar-refractivity contribution in [1.29, 1.82) is 0 Å². The first-order valence-corrected chi connectivity index (χ1v) is 5.27. The summed E-state index contributed by atoms with van der Waals surface area (Å²) < 4.78 is 5.61. The minimum absolute atomic E-state index is 0.176. The van der Waals surface area contributed by atoms with Crippen LogP contribution in [0.4, 0.5) is 5.95 Å². The summed E-state index contributed by atoms with van der Waals surface area (Å²) in [6.07, 6.45) is 3.82. The Morgan fingerprint density at radius 3 is 2.69 bits per heavy atom. The lowest BCUT2D eigenvalue weighted by Crippen LogP contribution is -2.48. The zero-order chi connectivity index (χ0) is 11.6. The SMILES string of the molecule is CC1(C)CN(c2ncc(C=O)cn2)CCO1. The number of carbonyl (C=O) groups excluding carboxylic acids is 1. The van der Waals surface area contributed by atoms with E-state index < -0.39 is 0 Å². The van der Waals surface area contributed by atoms with Crippen LogP contribution in [0.1, 0.15) is 24.2 Å². The summed E-state index contributed by atoms with van der Waals surface area (Å²) in [5.41, 5.74) is 0.321. The average molecular weight is 221 g/mol. The molecule has 0 radical (unpaired) electrons. The molecule has 0 bridgehead atoms. The van der Waals surface area contributed by atoms with Gasteiger partial charge in [0.1, 0.15) is 0 Å². The Labute approximate surface area is 94.5 Å². The lowest BCUT2D eigenvalue weighted by Gasteiger charge is -2.38. The number of hydrogen-bond donors (Lipinski definition) is 0. The van der Waals surface area contributed by atoms with Crippen molar-refractivity contribution in [3.8, 4) is 0 Å². The number of aldehydes is 1. The Morgan fingerprint density at radius 1 is 1.44 bits per heavy atom. The van der Waals surface area contributed by atoms with Crippen molar-refractivity contribution in [2.75, 3.05) is 24.6 Å². The van der Waals surface area contributed by atoms with E-state index in [2.05, 4.69) is 14.9 Å². The van der Waals surface area contributed by atoms with Crippen LogP contribution < -0.4 is 4.90 Å². The predicted octanol–water partition coefficient (Wildman–Crippen LogP) is 0.904. The van der Waals surface area contributed by atoms with Crippen molar-refractivity contribution in [3.63, 3.8) is 0 Å². The number of carbonyl (C=O) groups is 1. The molecule has 1 fully saturated rings. The molecule has 0 aromatic carbocycles. The Balaban J connectivity index is 2.14. The van der Waals surface area contributed by atoms with Crippen molar-refractivity contribution in [1.82, 2.24) is 9.97 Å². The van der Waals surface area contributed by atoms with Crippen LogP contribution in [0.25, 0.3) is 0 Å². The maximum absolute atomic E-state index is 10.5. The van der Waals surface area contributed by atoms with Crippen molar-refractivity contribution in [3.05, 3.63) is 18.0 Å².